The number of aliphatic hydroxyl groups excluding tert-OH is 2. The molecule has 2 aromatic carbocycles. The van der Waals surface area contributed by atoms with Gasteiger partial charge >= 0.3 is 0 Å². The Kier molecular flexibility index (Phi) is 3.29. The second-order valence-electron chi connectivity index (χ2n) is 5.65. The molecular formula is C17H12F3NO3. The fourth-order valence-corrected chi connectivity index (χ4v) is 3.11. The zero-order valence-corrected chi connectivity index (χ0v) is 12.2. The average molecular weight is 335 g/mol. The fourth-order valence-electron chi connectivity index (χ4n) is 3.11. The van der Waals surface area contributed by atoms with E-state index in [0.717, 1.165) is 18.2 Å². The van der Waals surface area contributed by atoms with Crippen LogP contribution >= 0.6 is 0 Å². The first-order chi connectivity index (χ1) is 11.5. The van der Waals surface area contributed by atoms with Crippen molar-refractivity contribution < 1.29 is 28.1 Å². The van der Waals surface area contributed by atoms with Crippen molar-refractivity contribution in [3.63, 3.8) is 0 Å². The minimum absolute atomic E-state index is 0.0531. The molecule has 0 saturated heterocycles. The Morgan fingerprint density at radius 1 is 1.12 bits per heavy atom. The summed E-state index contributed by atoms with van der Waals surface area (Å²) in [5.74, 6) is -1.96. The molecular weight excluding hydrogens is 323 g/mol. The molecule has 0 fully saturated rings. The van der Waals surface area contributed by atoms with Crippen molar-refractivity contribution in [1.29, 1.82) is 0 Å². The fraction of sp³-hybridized carbons (Fsp3) is 0.176. The summed E-state index contributed by atoms with van der Waals surface area (Å²) in [6, 6.07) is 5.68. The maximum absolute atomic E-state index is 14.1. The molecule has 0 radical (unpaired) electrons. The second kappa shape index (κ2) is 5.25. The van der Waals surface area contributed by atoms with Crippen molar-refractivity contribution in [2.45, 2.75) is 12.2 Å². The topological polar surface area (TPSA) is 65.5 Å². The van der Waals surface area contributed by atoms with Crippen LogP contribution in [0.5, 0.6) is 5.75 Å². The highest BCUT2D eigenvalue weighted by Gasteiger charge is 2.35. The van der Waals surface area contributed by atoms with Gasteiger partial charge in [0.2, 0.25) is 0 Å². The summed E-state index contributed by atoms with van der Waals surface area (Å²) in [5, 5.41) is 19.5. The Morgan fingerprint density at radius 3 is 2.67 bits per heavy atom. The predicted octanol–water partition coefficient (Wildman–Crippen LogP) is 3.04. The van der Waals surface area contributed by atoms with Crippen LogP contribution in [0.25, 0.3) is 22.2 Å². The molecule has 0 saturated carbocycles. The van der Waals surface area contributed by atoms with Crippen LogP contribution in [0.15, 0.2) is 30.3 Å². The van der Waals surface area contributed by atoms with Crippen LogP contribution in [-0.4, -0.2) is 27.9 Å². The summed E-state index contributed by atoms with van der Waals surface area (Å²) in [4.78, 5) is 2.86. The molecule has 2 heterocycles. The van der Waals surface area contributed by atoms with Crippen LogP contribution in [0, 0.1) is 17.5 Å². The Hall–Kier alpha value is -2.51. The number of rotatable bonds is 2. The van der Waals surface area contributed by atoms with E-state index < -0.39 is 36.3 Å². The van der Waals surface area contributed by atoms with Crippen molar-refractivity contribution in [3.05, 3.63) is 53.3 Å². The molecule has 4 rings (SSSR count). The lowest BCUT2D eigenvalue weighted by Gasteiger charge is -2.29. The van der Waals surface area contributed by atoms with Crippen LogP contribution in [0.3, 0.4) is 0 Å². The van der Waals surface area contributed by atoms with E-state index in [-0.39, 0.29) is 16.7 Å². The Labute approximate surface area is 134 Å². The van der Waals surface area contributed by atoms with Gasteiger partial charge in [0.1, 0.15) is 29.3 Å². The quantitative estimate of drug-likeness (QED) is 0.674. The van der Waals surface area contributed by atoms with Gasteiger partial charge in [0.05, 0.1) is 17.8 Å². The first-order valence-corrected chi connectivity index (χ1v) is 7.25. The van der Waals surface area contributed by atoms with Crippen molar-refractivity contribution in [2.75, 3.05) is 6.61 Å². The van der Waals surface area contributed by atoms with Gasteiger partial charge in [-0.15, -0.1) is 0 Å². The summed E-state index contributed by atoms with van der Waals surface area (Å²) < 4.78 is 46.9. The number of aromatic nitrogens is 1. The zero-order chi connectivity index (χ0) is 17.0. The van der Waals surface area contributed by atoms with Gasteiger partial charge in [-0.2, -0.15) is 0 Å². The molecule has 1 aliphatic rings. The highest BCUT2D eigenvalue weighted by Crippen LogP contribution is 2.47. The summed E-state index contributed by atoms with van der Waals surface area (Å²) >= 11 is 0. The van der Waals surface area contributed by atoms with E-state index in [0.29, 0.717) is 16.8 Å². The van der Waals surface area contributed by atoms with Crippen LogP contribution in [0.1, 0.15) is 11.7 Å². The van der Waals surface area contributed by atoms with Gasteiger partial charge in [0, 0.05) is 28.6 Å². The van der Waals surface area contributed by atoms with Gasteiger partial charge in [0.25, 0.3) is 0 Å². The van der Waals surface area contributed by atoms with E-state index >= 15 is 0 Å². The second-order valence-corrected chi connectivity index (χ2v) is 5.65. The molecule has 0 aliphatic carbocycles. The van der Waals surface area contributed by atoms with Gasteiger partial charge in [-0.1, -0.05) is 0 Å². The Bertz CT molecular complexity index is 954. The van der Waals surface area contributed by atoms with E-state index in [1.165, 1.54) is 12.1 Å². The molecule has 7 heteroatoms. The molecule has 0 spiro atoms. The summed E-state index contributed by atoms with van der Waals surface area (Å²) in [7, 11) is 0. The number of aliphatic hydroxyl groups is 2. The standard InChI is InChI=1S/C17H12F3NO3/c18-7-1-2-9-13(5-7)24-17(12(23)6-22)14-10-3-8(19)4-11(20)15(10)21-16(9)14/h1-5,12,17,21-23H,6H2/t12-,17+/m1/s1. The molecule has 3 N–H and O–H groups in total. The van der Waals surface area contributed by atoms with E-state index in [9.17, 15) is 23.4 Å². The van der Waals surface area contributed by atoms with Gasteiger partial charge in [-0.3, -0.25) is 0 Å². The van der Waals surface area contributed by atoms with Gasteiger partial charge < -0.3 is 19.9 Å². The molecule has 1 aromatic heterocycles. The summed E-state index contributed by atoms with van der Waals surface area (Å²) in [6.07, 6.45) is -2.43. The molecule has 3 aromatic rings. The highest BCUT2D eigenvalue weighted by molar-refractivity contribution is 5.93. The first-order valence-electron chi connectivity index (χ1n) is 7.25. The van der Waals surface area contributed by atoms with Crippen LogP contribution in [0.2, 0.25) is 0 Å². The van der Waals surface area contributed by atoms with Crippen molar-refractivity contribution in [1.82, 2.24) is 4.98 Å². The number of nitrogens with one attached hydrogen (secondary N) is 1. The average Bonchev–Trinajstić information content (AvgIpc) is 2.93. The molecule has 1 aliphatic heterocycles. The Morgan fingerprint density at radius 2 is 1.92 bits per heavy atom. The minimum Gasteiger partial charge on any atom is -0.482 e. The lowest BCUT2D eigenvalue weighted by atomic mass is 9.94. The van der Waals surface area contributed by atoms with Crippen molar-refractivity contribution >= 4 is 10.9 Å². The van der Waals surface area contributed by atoms with Gasteiger partial charge in [0.15, 0.2) is 6.10 Å². The smallest absolute Gasteiger partial charge is 0.154 e. The lowest BCUT2D eigenvalue weighted by Crippen LogP contribution is -2.29. The van der Waals surface area contributed by atoms with Gasteiger partial charge in [-0.25, -0.2) is 13.2 Å². The molecule has 4 nitrogen and oxygen atoms in total. The number of halogens is 3. The third-order valence-corrected chi connectivity index (χ3v) is 4.15. The predicted molar refractivity (Wildman–Crippen MR) is 80.1 cm³/mol. The third-order valence-electron chi connectivity index (χ3n) is 4.15. The van der Waals surface area contributed by atoms with Crippen LogP contribution in [0.4, 0.5) is 13.2 Å². The molecule has 124 valence electrons. The maximum Gasteiger partial charge on any atom is 0.154 e. The van der Waals surface area contributed by atoms with Crippen LogP contribution in [-0.2, 0) is 0 Å². The van der Waals surface area contributed by atoms with E-state index in [1.807, 2.05) is 0 Å². The molecule has 24 heavy (non-hydrogen) atoms. The number of benzene rings is 2. The number of hydrogen-bond acceptors (Lipinski definition) is 3. The minimum atomic E-state index is -1.34. The zero-order valence-electron chi connectivity index (χ0n) is 12.2. The van der Waals surface area contributed by atoms with E-state index in [4.69, 9.17) is 4.74 Å². The SMILES string of the molecule is OC[C@@H](O)[C@@H]1Oc2cc(F)ccc2-c2[nH]c3c(F)cc(F)cc3c21. The first kappa shape index (κ1) is 15.0. The van der Waals surface area contributed by atoms with Gasteiger partial charge in [-0.05, 0) is 18.2 Å². The largest absolute Gasteiger partial charge is 0.482 e. The molecule has 2 atom stereocenters. The monoisotopic (exact) mass is 335 g/mol. The van der Waals surface area contributed by atoms with Crippen LogP contribution < -0.4 is 4.74 Å². The van der Waals surface area contributed by atoms with E-state index in [2.05, 4.69) is 4.98 Å². The number of aromatic amines is 1. The number of hydrogen-bond donors (Lipinski definition) is 3. The highest BCUT2D eigenvalue weighted by atomic mass is 19.1. The summed E-state index contributed by atoms with van der Waals surface area (Å²) in [6.45, 7) is -0.626. The maximum atomic E-state index is 14.1. The molecule has 0 amide bonds. The third kappa shape index (κ3) is 2.09. The van der Waals surface area contributed by atoms with Crippen molar-refractivity contribution in [2.24, 2.45) is 0 Å². The number of H-pyrrole nitrogens is 1. The number of ether oxygens (including phenoxy) is 1. The number of fused-ring (bicyclic) bond motifs is 5. The normalized spacial score (nSPS) is 17.3. The molecule has 0 bridgehead atoms. The Balaban J connectivity index is 2.07. The van der Waals surface area contributed by atoms with E-state index in [1.54, 1.807) is 0 Å². The van der Waals surface area contributed by atoms with Crippen molar-refractivity contribution in [3.8, 4) is 17.0 Å². The summed E-state index contributed by atoms with van der Waals surface area (Å²) in [5.41, 5.74) is 1.23. The lowest BCUT2D eigenvalue weighted by molar-refractivity contribution is -0.00244. The molecule has 0 unspecified atom stereocenters.